The van der Waals surface area contributed by atoms with Gasteiger partial charge in [-0.05, 0) is 36.9 Å². The average Bonchev–Trinajstić information content (AvgIpc) is 2.46. The smallest absolute Gasteiger partial charge is 0.251 e. The Labute approximate surface area is 118 Å². The molecule has 20 heavy (non-hydrogen) atoms. The van der Waals surface area contributed by atoms with Crippen LogP contribution in [0, 0.1) is 0 Å². The summed E-state index contributed by atoms with van der Waals surface area (Å²) in [7, 11) is 0. The fourth-order valence-electron chi connectivity index (χ4n) is 2.93. The maximum absolute atomic E-state index is 11.7. The SMILES string of the molecule is NCCc1cc(=O)[nH]c(C2CCc3ccccc3C2)n1. The van der Waals surface area contributed by atoms with E-state index in [0.29, 0.717) is 18.9 Å². The standard InChI is InChI=1S/C16H19N3O/c17-8-7-14-10-15(20)19-16(18-14)13-6-5-11-3-1-2-4-12(11)9-13/h1-4,10,13H,5-9,17H2,(H,18,19,20). The number of hydrogen-bond acceptors (Lipinski definition) is 3. The first-order valence-electron chi connectivity index (χ1n) is 7.13. The molecule has 3 rings (SSSR count). The normalized spacial score (nSPS) is 17.8. The molecule has 0 saturated heterocycles. The van der Waals surface area contributed by atoms with Gasteiger partial charge in [0.15, 0.2) is 0 Å². The fourth-order valence-corrected chi connectivity index (χ4v) is 2.93. The number of aryl methyl sites for hydroxylation is 1. The molecule has 1 heterocycles. The molecule has 1 aromatic carbocycles. The minimum absolute atomic E-state index is 0.0719. The number of benzene rings is 1. The summed E-state index contributed by atoms with van der Waals surface area (Å²) in [5.74, 6) is 1.12. The lowest BCUT2D eigenvalue weighted by molar-refractivity contribution is 0.550. The van der Waals surface area contributed by atoms with E-state index in [0.717, 1.165) is 30.8 Å². The maximum Gasteiger partial charge on any atom is 0.251 e. The largest absolute Gasteiger partial charge is 0.330 e. The van der Waals surface area contributed by atoms with E-state index in [1.807, 2.05) is 0 Å². The van der Waals surface area contributed by atoms with Gasteiger partial charge < -0.3 is 10.7 Å². The van der Waals surface area contributed by atoms with Crippen LogP contribution in [0.3, 0.4) is 0 Å². The summed E-state index contributed by atoms with van der Waals surface area (Å²) < 4.78 is 0. The van der Waals surface area contributed by atoms with Gasteiger partial charge in [0, 0.05) is 24.1 Å². The van der Waals surface area contributed by atoms with Gasteiger partial charge in [-0.1, -0.05) is 24.3 Å². The summed E-state index contributed by atoms with van der Waals surface area (Å²) in [6.07, 6.45) is 3.68. The summed E-state index contributed by atoms with van der Waals surface area (Å²) in [6.45, 7) is 0.517. The van der Waals surface area contributed by atoms with Crippen LogP contribution in [0.25, 0.3) is 0 Å². The number of nitrogens with two attached hydrogens (primary N) is 1. The number of fused-ring (bicyclic) bond motifs is 1. The number of aromatic nitrogens is 2. The van der Waals surface area contributed by atoms with E-state index in [-0.39, 0.29) is 5.56 Å². The van der Waals surface area contributed by atoms with Crippen LogP contribution in [0.2, 0.25) is 0 Å². The first-order valence-corrected chi connectivity index (χ1v) is 7.13. The van der Waals surface area contributed by atoms with E-state index in [2.05, 4.69) is 34.2 Å². The molecule has 0 spiro atoms. The molecule has 3 N–H and O–H groups in total. The molecular weight excluding hydrogens is 250 g/mol. The fraction of sp³-hybridized carbons (Fsp3) is 0.375. The van der Waals surface area contributed by atoms with Crippen LogP contribution in [0.4, 0.5) is 0 Å². The zero-order chi connectivity index (χ0) is 13.9. The molecule has 1 aromatic heterocycles. The predicted molar refractivity (Wildman–Crippen MR) is 78.8 cm³/mol. The molecule has 0 saturated carbocycles. The number of aromatic amines is 1. The quantitative estimate of drug-likeness (QED) is 0.888. The molecule has 0 aliphatic heterocycles. The topological polar surface area (TPSA) is 71.8 Å². The Morgan fingerprint density at radius 1 is 1.30 bits per heavy atom. The maximum atomic E-state index is 11.7. The van der Waals surface area contributed by atoms with Crippen molar-refractivity contribution in [3.8, 4) is 0 Å². The molecule has 0 amide bonds. The van der Waals surface area contributed by atoms with Crippen molar-refractivity contribution in [1.29, 1.82) is 0 Å². The lowest BCUT2D eigenvalue weighted by Crippen LogP contribution is -2.21. The van der Waals surface area contributed by atoms with Crippen molar-refractivity contribution in [2.24, 2.45) is 5.73 Å². The Morgan fingerprint density at radius 2 is 2.10 bits per heavy atom. The molecule has 4 heteroatoms. The van der Waals surface area contributed by atoms with Gasteiger partial charge in [0.25, 0.3) is 5.56 Å². The highest BCUT2D eigenvalue weighted by Gasteiger charge is 2.21. The highest BCUT2D eigenvalue weighted by molar-refractivity contribution is 5.31. The lowest BCUT2D eigenvalue weighted by Gasteiger charge is -2.24. The minimum atomic E-state index is -0.0719. The van der Waals surface area contributed by atoms with E-state index in [1.54, 1.807) is 6.07 Å². The van der Waals surface area contributed by atoms with Crippen molar-refractivity contribution >= 4 is 0 Å². The monoisotopic (exact) mass is 269 g/mol. The van der Waals surface area contributed by atoms with Gasteiger partial charge in [-0.25, -0.2) is 4.98 Å². The van der Waals surface area contributed by atoms with Crippen LogP contribution >= 0.6 is 0 Å². The van der Waals surface area contributed by atoms with Crippen molar-refractivity contribution in [3.63, 3.8) is 0 Å². The molecule has 104 valence electrons. The molecule has 0 radical (unpaired) electrons. The number of rotatable bonds is 3. The molecule has 2 aromatic rings. The van der Waals surface area contributed by atoms with Crippen LogP contribution in [0.15, 0.2) is 35.1 Å². The van der Waals surface area contributed by atoms with E-state index in [9.17, 15) is 4.79 Å². The molecule has 4 nitrogen and oxygen atoms in total. The third kappa shape index (κ3) is 2.65. The number of H-pyrrole nitrogens is 1. The van der Waals surface area contributed by atoms with Gasteiger partial charge in [-0.15, -0.1) is 0 Å². The van der Waals surface area contributed by atoms with Crippen molar-refractivity contribution in [1.82, 2.24) is 9.97 Å². The molecule has 1 atom stereocenters. The number of nitrogens with zero attached hydrogens (tertiary/aromatic N) is 1. The van der Waals surface area contributed by atoms with Crippen LogP contribution in [-0.4, -0.2) is 16.5 Å². The first kappa shape index (κ1) is 13.1. The lowest BCUT2D eigenvalue weighted by atomic mass is 9.83. The second-order valence-electron chi connectivity index (χ2n) is 5.37. The Morgan fingerprint density at radius 3 is 2.90 bits per heavy atom. The van der Waals surface area contributed by atoms with Crippen molar-refractivity contribution in [2.45, 2.75) is 31.6 Å². The van der Waals surface area contributed by atoms with Crippen LogP contribution in [-0.2, 0) is 19.3 Å². The summed E-state index contributed by atoms with van der Waals surface area (Å²) in [6, 6.07) is 10.1. The number of nitrogens with one attached hydrogen (secondary N) is 1. The summed E-state index contributed by atoms with van der Waals surface area (Å²) in [5.41, 5.74) is 9.07. The Hall–Kier alpha value is -1.94. The average molecular weight is 269 g/mol. The van der Waals surface area contributed by atoms with Crippen molar-refractivity contribution in [2.75, 3.05) is 6.54 Å². The molecule has 0 bridgehead atoms. The van der Waals surface area contributed by atoms with Crippen LogP contribution < -0.4 is 11.3 Å². The first-order chi connectivity index (χ1) is 9.76. The predicted octanol–water partition coefficient (Wildman–Crippen LogP) is 1.54. The summed E-state index contributed by atoms with van der Waals surface area (Å²) in [5, 5.41) is 0. The minimum Gasteiger partial charge on any atom is -0.330 e. The van der Waals surface area contributed by atoms with Gasteiger partial charge in [0.1, 0.15) is 5.82 Å². The van der Waals surface area contributed by atoms with E-state index >= 15 is 0 Å². The Kier molecular flexibility index (Phi) is 3.65. The summed E-state index contributed by atoms with van der Waals surface area (Å²) >= 11 is 0. The van der Waals surface area contributed by atoms with Crippen molar-refractivity contribution < 1.29 is 0 Å². The summed E-state index contributed by atoms with van der Waals surface area (Å²) in [4.78, 5) is 19.2. The zero-order valence-corrected chi connectivity index (χ0v) is 11.4. The van der Waals surface area contributed by atoms with Gasteiger partial charge in [-0.3, -0.25) is 4.79 Å². The van der Waals surface area contributed by atoms with Gasteiger partial charge in [-0.2, -0.15) is 0 Å². The van der Waals surface area contributed by atoms with Gasteiger partial charge in [0.05, 0.1) is 0 Å². The Balaban J connectivity index is 1.89. The molecule has 1 unspecified atom stereocenters. The van der Waals surface area contributed by atoms with E-state index in [1.165, 1.54) is 11.1 Å². The molecule has 1 aliphatic rings. The molecule has 0 fully saturated rings. The highest BCUT2D eigenvalue weighted by Crippen LogP contribution is 2.30. The zero-order valence-electron chi connectivity index (χ0n) is 11.4. The molecule has 1 aliphatic carbocycles. The Bertz CT molecular complexity index is 663. The highest BCUT2D eigenvalue weighted by atomic mass is 16.1. The van der Waals surface area contributed by atoms with E-state index < -0.39 is 0 Å². The number of hydrogen-bond donors (Lipinski definition) is 2. The van der Waals surface area contributed by atoms with Crippen LogP contribution in [0.1, 0.15) is 35.0 Å². The van der Waals surface area contributed by atoms with Gasteiger partial charge >= 0.3 is 0 Å². The molecular formula is C16H19N3O. The third-order valence-electron chi connectivity index (χ3n) is 3.95. The van der Waals surface area contributed by atoms with Crippen molar-refractivity contribution in [3.05, 3.63) is 63.3 Å². The second-order valence-corrected chi connectivity index (χ2v) is 5.37. The second kappa shape index (κ2) is 5.59. The van der Waals surface area contributed by atoms with Crippen LogP contribution in [0.5, 0.6) is 0 Å². The van der Waals surface area contributed by atoms with Gasteiger partial charge in [0.2, 0.25) is 0 Å². The van der Waals surface area contributed by atoms with E-state index in [4.69, 9.17) is 5.73 Å². The third-order valence-corrected chi connectivity index (χ3v) is 3.95.